The summed E-state index contributed by atoms with van der Waals surface area (Å²) in [6, 6.07) is 9.78. The smallest absolute Gasteiger partial charge is 0.335 e. The van der Waals surface area contributed by atoms with Gasteiger partial charge in [-0.15, -0.1) is 0 Å². The molecule has 5 heteroatoms. The lowest BCUT2D eigenvalue weighted by Crippen LogP contribution is -2.10. The number of halogens is 1. The monoisotopic (exact) mass is 259 g/mol. The fourth-order valence-corrected chi connectivity index (χ4v) is 1.72. The normalized spacial score (nSPS) is 10.2. The predicted octanol–water partition coefficient (Wildman–Crippen LogP) is 2.29. The van der Waals surface area contributed by atoms with Crippen LogP contribution in [0, 0.1) is 5.82 Å². The Morgan fingerprint density at radius 2 is 1.79 bits per heavy atom. The standard InChI is InChI=1S/C14H10FNO3/c15-12-7-10(14(18)19)4-5-11(12)8-2-1-3-9(6-8)13(16)17/h1-7H,(H2,16,17)(H,18,19). The van der Waals surface area contributed by atoms with Gasteiger partial charge in [-0.05, 0) is 29.8 Å². The van der Waals surface area contributed by atoms with Gasteiger partial charge in [0.15, 0.2) is 0 Å². The second-order valence-corrected chi connectivity index (χ2v) is 3.94. The molecule has 2 aromatic rings. The van der Waals surface area contributed by atoms with Crippen molar-refractivity contribution < 1.29 is 19.1 Å². The summed E-state index contributed by atoms with van der Waals surface area (Å²) < 4.78 is 13.8. The van der Waals surface area contributed by atoms with E-state index in [1.165, 1.54) is 24.3 Å². The van der Waals surface area contributed by atoms with E-state index in [9.17, 15) is 14.0 Å². The van der Waals surface area contributed by atoms with Crippen LogP contribution in [0.15, 0.2) is 42.5 Å². The Balaban J connectivity index is 2.50. The van der Waals surface area contributed by atoms with Crippen LogP contribution in [0.1, 0.15) is 20.7 Å². The van der Waals surface area contributed by atoms with Crippen molar-refractivity contribution in [2.24, 2.45) is 5.73 Å². The van der Waals surface area contributed by atoms with Crippen molar-refractivity contribution in [1.29, 1.82) is 0 Å². The molecule has 0 fully saturated rings. The van der Waals surface area contributed by atoms with Crippen molar-refractivity contribution in [3.05, 3.63) is 59.4 Å². The summed E-state index contributed by atoms with van der Waals surface area (Å²) in [5, 5.41) is 8.76. The van der Waals surface area contributed by atoms with E-state index in [0.717, 1.165) is 6.07 Å². The summed E-state index contributed by atoms with van der Waals surface area (Å²) in [4.78, 5) is 21.8. The van der Waals surface area contributed by atoms with Gasteiger partial charge in [-0.2, -0.15) is 0 Å². The quantitative estimate of drug-likeness (QED) is 0.887. The van der Waals surface area contributed by atoms with Crippen LogP contribution in [-0.4, -0.2) is 17.0 Å². The molecule has 0 aliphatic rings. The van der Waals surface area contributed by atoms with E-state index in [-0.39, 0.29) is 16.7 Å². The molecular weight excluding hydrogens is 249 g/mol. The summed E-state index contributed by atoms with van der Waals surface area (Å²) in [6.07, 6.45) is 0. The highest BCUT2D eigenvalue weighted by molar-refractivity contribution is 5.94. The number of rotatable bonds is 3. The van der Waals surface area contributed by atoms with Crippen molar-refractivity contribution >= 4 is 11.9 Å². The molecule has 0 unspecified atom stereocenters. The van der Waals surface area contributed by atoms with E-state index in [2.05, 4.69) is 0 Å². The molecule has 0 aliphatic heterocycles. The molecule has 0 radical (unpaired) electrons. The SMILES string of the molecule is NC(=O)c1cccc(-c2ccc(C(=O)O)cc2F)c1. The molecule has 96 valence electrons. The number of carboxylic acids is 1. The fraction of sp³-hybridized carbons (Fsp3) is 0. The largest absolute Gasteiger partial charge is 0.478 e. The molecule has 19 heavy (non-hydrogen) atoms. The zero-order valence-electron chi connectivity index (χ0n) is 9.76. The van der Waals surface area contributed by atoms with Crippen molar-refractivity contribution in [1.82, 2.24) is 0 Å². The summed E-state index contributed by atoms with van der Waals surface area (Å²) >= 11 is 0. The predicted molar refractivity (Wildman–Crippen MR) is 67.3 cm³/mol. The molecule has 2 aromatic carbocycles. The van der Waals surface area contributed by atoms with Crippen LogP contribution >= 0.6 is 0 Å². The third-order valence-electron chi connectivity index (χ3n) is 2.67. The van der Waals surface area contributed by atoms with Gasteiger partial charge in [0.1, 0.15) is 5.82 Å². The number of nitrogens with two attached hydrogens (primary N) is 1. The van der Waals surface area contributed by atoms with Crippen LogP contribution in [-0.2, 0) is 0 Å². The summed E-state index contributed by atoms with van der Waals surface area (Å²) in [6.45, 7) is 0. The zero-order chi connectivity index (χ0) is 14.0. The van der Waals surface area contributed by atoms with E-state index in [0.29, 0.717) is 5.56 Å². The maximum absolute atomic E-state index is 13.8. The van der Waals surface area contributed by atoms with Gasteiger partial charge in [-0.25, -0.2) is 9.18 Å². The Hall–Kier alpha value is -2.69. The van der Waals surface area contributed by atoms with Crippen molar-refractivity contribution in [2.45, 2.75) is 0 Å². The summed E-state index contributed by atoms with van der Waals surface area (Å²) in [5.74, 6) is -2.47. The van der Waals surface area contributed by atoms with Crippen LogP contribution in [0.4, 0.5) is 4.39 Å². The van der Waals surface area contributed by atoms with Crippen LogP contribution in [0.25, 0.3) is 11.1 Å². The minimum atomic E-state index is -1.20. The maximum Gasteiger partial charge on any atom is 0.335 e. The van der Waals surface area contributed by atoms with E-state index >= 15 is 0 Å². The third kappa shape index (κ3) is 2.60. The second-order valence-electron chi connectivity index (χ2n) is 3.94. The maximum atomic E-state index is 13.8. The van der Waals surface area contributed by atoms with Gasteiger partial charge in [0.25, 0.3) is 0 Å². The number of hydrogen-bond donors (Lipinski definition) is 2. The van der Waals surface area contributed by atoms with Crippen molar-refractivity contribution in [3.8, 4) is 11.1 Å². The van der Waals surface area contributed by atoms with E-state index in [1.807, 2.05) is 0 Å². The van der Waals surface area contributed by atoms with Gasteiger partial charge >= 0.3 is 5.97 Å². The lowest BCUT2D eigenvalue weighted by atomic mass is 10.0. The zero-order valence-corrected chi connectivity index (χ0v) is 9.76. The van der Waals surface area contributed by atoms with E-state index < -0.39 is 17.7 Å². The lowest BCUT2D eigenvalue weighted by molar-refractivity contribution is 0.0696. The highest BCUT2D eigenvalue weighted by Crippen LogP contribution is 2.24. The first-order valence-corrected chi connectivity index (χ1v) is 5.42. The molecule has 2 rings (SSSR count). The average molecular weight is 259 g/mol. The van der Waals surface area contributed by atoms with Gasteiger partial charge in [0, 0.05) is 11.1 Å². The van der Waals surface area contributed by atoms with Crippen LogP contribution < -0.4 is 5.73 Å². The van der Waals surface area contributed by atoms with Gasteiger partial charge in [0.05, 0.1) is 5.56 Å². The molecule has 0 heterocycles. The van der Waals surface area contributed by atoms with Crippen LogP contribution in [0.3, 0.4) is 0 Å². The Bertz CT molecular complexity index is 667. The highest BCUT2D eigenvalue weighted by Gasteiger charge is 2.11. The summed E-state index contributed by atoms with van der Waals surface area (Å²) in [5.41, 5.74) is 5.96. The second kappa shape index (κ2) is 4.89. The van der Waals surface area contributed by atoms with E-state index in [1.54, 1.807) is 12.1 Å². The molecule has 0 aliphatic carbocycles. The Labute approximate surface area is 108 Å². The third-order valence-corrected chi connectivity index (χ3v) is 2.67. The number of hydrogen-bond acceptors (Lipinski definition) is 2. The minimum absolute atomic E-state index is 0.132. The van der Waals surface area contributed by atoms with Gasteiger partial charge in [0.2, 0.25) is 5.91 Å². The molecule has 3 N–H and O–H groups in total. The van der Waals surface area contributed by atoms with E-state index in [4.69, 9.17) is 10.8 Å². The number of amides is 1. The number of carbonyl (C=O) groups is 2. The molecule has 0 aromatic heterocycles. The molecule has 4 nitrogen and oxygen atoms in total. The average Bonchev–Trinajstić information content (AvgIpc) is 2.38. The Kier molecular flexibility index (Phi) is 3.29. The molecule has 0 spiro atoms. The Morgan fingerprint density at radius 3 is 2.37 bits per heavy atom. The topological polar surface area (TPSA) is 80.4 Å². The van der Waals surface area contributed by atoms with Gasteiger partial charge in [-0.3, -0.25) is 4.79 Å². The first-order chi connectivity index (χ1) is 8.99. The molecule has 0 saturated heterocycles. The molecule has 0 saturated carbocycles. The van der Waals surface area contributed by atoms with Crippen molar-refractivity contribution in [2.75, 3.05) is 0 Å². The van der Waals surface area contributed by atoms with Gasteiger partial charge in [-0.1, -0.05) is 18.2 Å². The highest BCUT2D eigenvalue weighted by atomic mass is 19.1. The molecule has 0 bridgehead atoms. The van der Waals surface area contributed by atoms with Crippen molar-refractivity contribution in [3.63, 3.8) is 0 Å². The first kappa shape index (κ1) is 12.8. The first-order valence-electron chi connectivity index (χ1n) is 5.42. The Morgan fingerprint density at radius 1 is 1.05 bits per heavy atom. The number of carboxylic acid groups (broad SMARTS) is 1. The minimum Gasteiger partial charge on any atom is -0.478 e. The van der Waals surface area contributed by atoms with Gasteiger partial charge < -0.3 is 10.8 Å². The number of carbonyl (C=O) groups excluding carboxylic acids is 1. The number of primary amides is 1. The molecule has 0 atom stereocenters. The molecular formula is C14H10FNO3. The van der Waals surface area contributed by atoms with Crippen LogP contribution in [0.2, 0.25) is 0 Å². The number of benzene rings is 2. The number of aromatic carboxylic acids is 1. The fourth-order valence-electron chi connectivity index (χ4n) is 1.72. The van der Waals surface area contributed by atoms with Crippen LogP contribution in [0.5, 0.6) is 0 Å². The summed E-state index contributed by atoms with van der Waals surface area (Å²) in [7, 11) is 0. The lowest BCUT2D eigenvalue weighted by Gasteiger charge is -2.06. The molecule has 1 amide bonds.